The van der Waals surface area contributed by atoms with E-state index in [0.717, 1.165) is 18.6 Å². The van der Waals surface area contributed by atoms with Crippen LogP contribution in [0.15, 0.2) is 12.1 Å². The van der Waals surface area contributed by atoms with Crippen LogP contribution in [0, 0.1) is 24.0 Å². The molecule has 1 amide bonds. The Hall–Kier alpha value is -1.60. The number of carbonyl (C=O) groups excluding carboxylic acids is 1. The third-order valence-electron chi connectivity index (χ3n) is 2.34. The van der Waals surface area contributed by atoms with Gasteiger partial charge in [0.1, 0.15) is 11.6 Å². The number of benzene rings is 1. The zero-order valence-corrected chi connectivity index (χ0v) is 10.5. The van der Waals surface area contributed by atoms with E-state index in [9.17, 15) is 13.6 Å². The predicted octanol–water partition coefficient (Wildman–Crippen LogP) is 3.15. The maximum absolute atomic E-state index is 13.5. The first-order valence-corrected chi connectivity index (χ1v) is 5.79. The lowest BCUT2D eigenvalue weighted by Gasteiger charge is -2.12. The molecule has 0 fully saturated rings. The Morgan fingerprint density at radius 1 is 1.50 bits per heavy atom. The summed E-state index contributed by atoms with van der Waals surface area (Å²) in [5.41, 5.74) is -0.409. The van der Waals surface area contributed by atoms with Gasteiger partial charge in [-0.2, -0.15) is 0 Å². The zero-order chi connectivity index (χ0) is 13.7. The number of terminal acetylenes is 1. The summed E-state index contributed by atoms with van der Waals surface area (Å²) in [5.74, 6) is -0.110. The van der Waals surface area contributed by atoms with E-state index in [1.807, 2.05) is 6.92 Å². The Balaban J connectivity index is 2.91. The molecule has 0 heterocycles. The molecule has 1 aromatic carbocycles. The van der Waals surface area contributed by atoms with E-state index in [4.69, 9.17) is 18.0 Å². The van der Waals surface area contributed by atoms with Crippen molar-refractivity contribution in [2.45, 2.75) is 25.8 Å². The second-order valence-corrected chi connectivity index (χ2v) is 4.13. The first kappa shape index (κ1) is 14.5. The van der Waals surface area contributed by atoms with Crippen molar-refractivity contribution in [3.63, 3.8) is 0 Å². The van der Waals surface area contributed by atoms with Crippen LogP contribution in [-0.2, 0) is 0 Å². The van der Waals surface area contributed by atoms with Crippen LogP contribution in [0.1, 0.15) is 30.1 Å². The molecule has 96 valence electrons. The minimum atomic E-state index is -0.883. The summed E-state index contributed by atoms with van der Waals surface area (Å²) in [6.07, 6.45) is 6.56. The predicted molar refractivity (Wildman–Crippen MR) is 66.4 cm³/mol. The molecule has 1 rings (SSSR count). The van der Waals surface area contributed by atoms with E-state index in [-0.39, 0.29) is 5.02 Å². The van der Waals surface area contributed by atoms with Crippen molar-refractivity contribution >= 4 is 17.5 Å². The maximum Gasteiger partial charge on any atom is 0.255 e. The summed E-state index contributed by atoms with van der Waals surface area (Å²) in [6.45, 7) is 1.90. The smallest absolute Gasteiger partial charge is 0.255 e. The van der Waals surface area contributed by atoms with Crippen molar-refractivity contribution < 1.29 is 13.6 Å². The molecule has 1 unspecified atom stereocenters. The van der Waals surface area contributed by atoms with Gasteiger partial charge in [0.25, 0.3) is 5.91 Å². The number of hydrogen-bond donors (Lipinski definition) is 1. The van der Waals surface area contributed by atoms with Gasteiger partial charge in [0.05, 0.1) is 16.6 Å². The van der Waals surface area contributed by atoms with Gasteiger partial charge in [0.15, 0.2) is 0 Å². The summed E-state index contributed by atoms with van der Waals surface area (Å²) in [7, 11) is 0. The highest BCUT2D eigenvalue weighted by atomic mass is 35.5. The van der Waals surface area contributed by atoms with Crippen molar-refractivity contribution in [3.05, 3.63) is 34.4 Å². The monoisotopic (exact) mass is 271 g/mol. The first-order valence-electron chi connectivity index (χ1n) is 5.41. The van der Waals surface area contributed by atoms with E-state index < -0.39 is 29.1 Å². The molecule has 18 heavy (non-hydrogen) atoms. The third-order valence-corrected chi connectivity index (χ3v) is 2.63. The van der Waals surface area contributed by atoms with Crippen LogP contribution in [0.5, 0.6) is 0 Å². The van der Waals surface area contributed by atoms with Gasteiger partial charge < -0.3 is 5.32 Å². The van der Waals surface area contributed by atoms with Crippen molar-refractivity contribution in [1.82, 2.24) is 5.32 Å². The Morgan fingerprint density at radius 3 is 2.72 bits per heavy atom. The van der Waals surface area contributed by atoms with Crippen molar-refractivity contribution in [2.75, 3.05) is 0 Å². The Morgan fingerprint density at radius 2 is 2.17 bits per heavy atom. The van der Waals surface area contributed by atoms with Gasteiger partial charge in [-0.25, -0.2) is 8.78 Å². The van der Waals surface area contributed by atoms with Crippen molar-refractivity contribution in [2.24, 2.45) is 0 Å². The molecule has 0 bridgehead atoms. The average Bonchev–Trinajstić information content (AvgIpc) is 2.33. The lowest BCUT2D eigenvalue weighted by atomic mass is 10.1. The second-order valence-electron chi connectivity index (χ2n) is 3.73. The van der Waals surface area contributed by atoms with E-state index in [2.05, 4.69) is 11.2 Å². The molecule has 1 aromatic rings. The molecule has 0 aliphatic heterocycles. The lowest BCUT2D eigenvalue weighted by molar-refractivity contribution is 0.0939. The summed E-state index contributed by atoms with van der Waals surface area (Å²) in [4.78, 5) is 11.7. The molecule has 1 N–H and O–H groups in total. The summed E-state index contributed by atoms with van der Waals surface area (Å²) in [5, 5.41) is 2.08. The highest BCUT2D eigenvalue weighted by Gasteiger charge is 2.17. The molecule has 0 aliphatic rings. The highest BCUT2D eigenvalue weighted by Crippen LogP contribution is 2.19. The van der Waals surface area contributed by atoms with E-state index in [1.54, 1.807) is 0 Å². The van der Waals surface area contributed by atoms with Crippen LogP contribution in [0.25, 0.3) is 0 Å². The fraction of sp³-hybridized carbons (Fsp3) is 0.308. The molecule has 1 atom stereocenters. The Kier molecular flexibility index (Phi) is 5.11. The largest absolute Gasteiger partial charge is 0.338 e. The minimum Gasteiger partial charge on any atom is -0.338 e. The Labute approximate surface area is 109 Å². The van der Waals surface area contributed by atoms with Gasteiger partial charge in [-0.05, 0) is 18.6 Å². The number of carbonyl (C=O) groups is 1. The molecule has 0 aliphatic carbocycles. The highest BCUT2D eigenvalue weighted by molar-refractivity contribution is 6.30. The SMILES string of the molecule is C#CC(CCC)NC(=O)c1cc(F)c(Cl)cc1F. The third kappa shape index (κ3) is 3.44. The molecular weight excluding hydrogens is 260 g/mol. The van der Waals surface area contributed by atoms with Gasteiger partial charge >= 0.3 is 0 Å². The molecule has 0 saturated heterocycles. The van der Waals surface area contributed by atoms with Gasteiger partial charge in [0, 0.05) is 0 Å². The molecular formula is C13H12ClF2NO. The number of amides is 1. The summed E-state index contributed by atoms with van der Waals surface area (Å²) >= 11 is 5.39. The fourth-order valence-electron chi connectivity index (χ4n) is 1.42. The number of nitrogens with one attached hydrogen (secondary N) is 1. The van der Waals surface area contributed by atoms with Crippen LogP contribution < -0.4 is 5.32 Å². The molecule has 0 saturated carbocycles. The van der Waals surface area contributed by atoms with Crippen molar-refractivity contribution in [1.29, 1.82) is 0 Å². The zero-order valence-electron chi connectivity index (χ0n) is 9.77. The minimum absolute atomic E-state index is 0.369. The molecule has 0 spiro atoms. The summed E-state index contributed by atoms with van der Waals surface area (Å²) in [6, 6.07) is 1.02. The molecule has 0 aromatic heterocycles. The fourth-order valence-corrected chi connectivity index (χ4v) is 1.57. The van der Waals surface area contributed by atoms with Crippen LogP contribution >= 0.6 is 11.6 Å². The van der Waals surface area contributed by atoms with Crippen LogP contribution in [0.4, 0.5) is 8.78 Å². The van der Waals surface area contributed by atoms with Gasteiger partial charge in [0.2, 0.25) is 0 Å². The van der Waals surface area contributed by atoms with Crippen LogP contribution in [-0.4, -0.2) is 11.9 Å². The molecule has 2 nitrogen and oxygen atoms in total. The number of rotatable bonds is 4. The lowest BCUT2D eigenvalue weighted by Crippen LogP contribution is -2.34. The first-order chi connectivity index (χ1) is 8.49. The number of halogens is 3. The standard InChI is InChI=1S/C13H12ClF2NO/c1-3-5-8(4-2)17-13(18)9-6-12(16)10(14)7-11(9)15/h2,6-8H,3,5H2,1H3,(H,17,18). The van der Waals surface area contributed by atoms with E-state index in [0.29, 0.717) is 6.42 Å². The summed E-state index contributed by atoms with van der Waals surface area (Å²) < 4.78 is 26.6. The molecule has 5 heteroatoms. The van der Waals surface area contributed by atoms with Gasteiger partial charge in [-0.1, -0.05) is 30.9 Å². The average molecular weight is 272 g/mol. The topological polar surface area (TPSA) is 29.1 Å². The quantitative estimate of drug-likeness (QED) is 0.661. The Bertz CT molecular complexity index is 496. The maximum atomic E-state index is 13.5. The van der Waals surface area contributed by atoms with E-state index in [1.165, 1.54) is 0 Å². The van der Waals surface area contributed by atoms with Crippen LogP contribution in [0.2, 0.25) is 5.02 Å². The van der Waals surface area contributed by atoms with Crippen molar-refractivity contribution in [3.8, 4) is 12.3 Å². The normalized spacial score (nSPS) is 11.7. The van der Waals surface area contributed by atoms with Gasteiger partial charge in [-0.3, -0.25) is 4.79 Å². The van der Waals surface area contributed by atoms with E-state index >= 15 is 0 Å². The number of hydrogen-bond acceptors (Lipinski definition) is 1. The van der Waals surface area contributed by atoms with Crippen LogP contribution in [0.3, 0.4) is 0 Å². The second kappa shape index (κ2) is 6.36. The molecule has 0 radical (unpaired) electrons. The van der Waals surface area contributed by atoms with Gasteiger partial charge in [-0.15, -0.1) is 6.42 Å².